The number of hydrogen-bond donors (Lipinski definition) is 3. The van der Waals surface area contributed by atoms with Gasteiger partial charge in [-0.1, -0.05) is 105 Å². The highest BCUT2D eigenvalue weighted by atomic mass is 16.2. The largest absolute Gasteiger partial charge is 0.361 e. The summed E-state index contributed by atoms with van der Waals surface area (Å²) in [4.78, 5) is 30.9. The highest BCUT2D eigenvalue weighted by Gasteiger charge is 2.29. The lowest BCUT2D eigenvalue weighted by atomic mass is 9.90. The highest BCUT2D eigenvalue weighted by molar-refractivity contribution is 5.93. The molecule has 1 saturated carbocycles. The molecule has 0 unspecified atom stereocenters. The van der Waals surface area contributed by atoms with E-state index in [0.717, 1.165) is 53.3 Å². The van der Waals surface area contributed by atoms with E-state index in [-0.39, 0.29) is 17.9 Å². The maximum absolute atomic E-state index is 13.9. The van der Waals surface area contributed by atoms with E-state index in [2.05, 4.69) is 21.7 Å². The zero-order chi connectivity index (χ0) is 25.5. The molecule has 3 aromatic carbocycles. The molecule has 0 aliphatic heterocycles. The second kappa shape index (κ2) is 11.9. The maximum Gasteiger partial charge on any atom is 0.243 e. The summed E-state index contributed by atoms with van der Waals surface area (Å²) in [6, 6.07) is 27.1. The molecule has 1 heterocycles. The van der Waals surface area contributed by atoms with Gasteiger partial charge in [-0.2, -0.15) is 0 Å². The summed E-state index contributed by atoms with van der Waals surface area (Å²) in [7, 11) is 0. The van der Waals surface area contributed by atoms with Crippen molar-refractivity contribution in [3.8, 4) is 0 Å². The smallest absolute Gasteiger partial charge is 0.243 e. The van der Waals surface area contributed by atoms with E-state index in [1.165, 1.54) is 12.8 Å². The second-order valence-electron chi connectivity index (χ2n) is 10.1. The summed E-state index contributed by atoms with van der Waals surface area (Å²) in [5, 5.41) is 7.51. The zero-order valence-corrected chi connectivity index (χ0v) is 21.2. The second-order valence-corrected chi connectivity index (χ2v) is 10.1. The van der Waals surface area contributed by atoms with Gasteiger partial charge < -0.3 is 15.6 Å². The standard InChI is InChI=1S/C32H35N3O2/c36-31(34-26-17-9-1-2-10-18-26)29(21-25-22-33-28-20-12-11-19-27(25)28)35-32(37)30(23-13-5-3-6-14-23)24-15-7-4-8-16-24/h3-8,11-16,19-20,22,26,29-30,33H,1-2,9-10,17-18,21H2,(H,34,36)(H,35,37)/t29-/m0/s1. The Hall–Kier alpha value is -3.86. The molecule has 5 nitrogen and oxygen atoms in total. The maximum atomic E-state index is 13.9. The van der Waals surface area contributed by atoms with Crippen molar-refractivity contribution >= 4 is 22.7 Å². The number of aromatic amines is 1. The van der Waals surface area contributed by atoms with E-state index in [0.29, 0.717) is 6.42 Å². The Balaban J connectivity index is 1.43. The van der Waals surface area contributed by atoms with Gasteiger partial charge in [0.05, 0.1) is 5.92 Å². The summed E-state index contributed by atoms with van der Waals surface area (Å²) in [5.74, 6) is -0.776. The first-order valence-electron chi connectivity index (χ1n) is 13.4. The number of rotatable bonds is 8. The van der Waals surface area contributed by atoms with E-state index in [4.69, 9.17) is 0 Å². The zero-order valence-electron chi connectivity index (χ0n) is 21.2. The first-order valence-corrected chi connectivity index (χ1v) is 13.4. The first kappa shape index (κ1) is 24.8. The van der Waals surface area contributed by atoms with Gasteiger partial charge in [0.2, 0.25) is 11.8 Å². The summed E-state index contributed by atoms with van der Waals surface area (Å²) in [5.41, 5.74) is 3.86. The van der Waals surface area contributed by atoms with Gasteiger partial charge in [0.15, 0.2) is 0 Å². The number of hydrogen-bond acceptors (Lipinski definition) is 2. The number of fused-ring (bicyclic) bond motifs is 1. The van der Waals surface area contributed by atoms with Crippen LogP contribution in [0.25, 0.3) is 10.9 Å². The number of carbonyl (C=O) groups is 2. The van der Waals surface area contributed by atoms with E-state index in [1.807, 2.05) is 85.1 Å². The molecule has 4 aromatic rings. The molecule has 5 heteroatoms. The van der Waals surface area contributed by atoms with E-state index >= 15 is 0 Å². The van der Waals surface area contributed by atoms with E-state index < -0.39 is 12.0 Å². The lowest BCUT2D eigenvalue weighted by molar-refractivity contribution is -0.129. The number of benzene rings is 3. The summed E-state index contributed by atoms with van der Waals surface area (Å²) < 4.78 is 0. The van der Waals surface area contributed by atoms with Gasteiger partial charge in [0.1, 0.15) is 6.04 Å². The third kappa shape index (κ3) is 6.11. The van der Waals surface area contributed by atoms with Crippen molar-refractivity contribution in [3.63, 3.8) is 0 Å². The number of carbonyl (C=O) groups excluding carboxylic acids is 2. The number of para-hydroxylation sites is 1. The molecule has 0 saturated heterocycles. The minimum absolute atomic E-state index is 0.106. The molecule has 1 aromatic heterocycles. The van der Waals surface area contributed by atoms with Gasteiger partial charge in [-0.3, -0.25) is 9.59 Å². The van der Waals surface area contributed by atoms with Crippen LogP contribution in [0.1, 0.15) is 61.1 Å². The fourth-order valence-corrected chi connectivity index (χ4v) is 5.50. The van der Waals surface area contributed by atoms with Crippen LogP contribution in [0.15, 0.2) is 91.1 Å². The predicted molar refractivity (Wildman–Crippen MR) is 148 cm³/mol. The monoisotopic (exact) mass is 493 g/mol. The van der Waals surface area contributed by atoms with Gasteiger partial charge in [-0.05, 0) is 35.6 Å². The van der Waals surface area contributed by atoms with Gasteiger partial charge in [0.25, 0.3) is 0 Å². The van der Waals surface area contributed by atoms with Crippen molar-refractivity contribution in [2.75, 3.05) is 0 Å². The van der Waals surface area contributed by atoms with Gasteiger partial charge in [0, 0.05) is 29.6 Å². The first-order chi connectivity index (χ1) is 18.2. The summed E-state index contributed by atoms with van der Waals surface area (Å²) in [6.07, 6.45) is 9.07. The Labute approximate surface area is 218 Å². The molecule has 0 spiro atoms. The summed E-state index contributed by atoms with van der Waals surface area (Å²) in [6.45, 7) is 0. The minimum Gasteiger partial charge on any atom is -0.361 e. The van der Waals surface area contributed by atoms with Crippen molar-refractivity contribution in [3.05, 3.63) is 108 Å². The van der Waals surface area contributed by atoms with Crippen LogP contribution in [0.3, 0.4) is 0 Å². The third-order valence-electron chi connectivity index (χ3n) is 7.46. The van der Waals surface area contributed by atoms with Crippen LogP contribution in [0, 0.1) is 0 Å². The quantitative estimate of drug-likeness (QED) is 0.269. The van der Waals surface area contributed by atoms with Gasteiger partial charge in [-0.25, -0.2) is 0 Å². The third-order valence-corrected chi connectivity index (χ3v) is 7.46. The molecule has 0 bridgehead atoms. The predicted octanol–water partition coefficient (Wildman–Crippen LogP) is 5.87. The fourth-order valence-electron chi connectivity index (χ4n) is 5.50. The molecule has 2 amide bonds. The molecule has 5 rings (SSSR count). The van der Waals surface area contributed by atoms with Crippen molar-refractivity contribution in [1.29, 1.82) is 0 Å². The molecular formula is C32H35N3O2. The Morgan fingerprint density at radius 1 is 0.757 bits per heavy atom. The molecular weight excluding hydrogens is 458 g/mol. The lowest BCUT2D eigenvalue weighted by Gasteiger charge is -2.25. The van der Waals surface area contributed by atoms with E-state index in [1.54, 1.807) is 0 Å². The van der Waals surface area contributed by atoms with Gasteiger partial charge >= 0.3 is 0 Å². The van der Waals surface area contributed by atoms with E-state index in [9.17, 15) is 9.59 Å². The molecule has 190 valence electrons. The number of nitrogens with one attached hydrogen (secondary N) is 3. The molecule has 1 atom stereocenters. The van der Waals surface area contributed by atoms with Crippen LogP contribution in [0.2, 0.25) is 0 Å². The van der Waals surface area contributed by atoms with Crippen LogP contribution < -0.4 is 10.6 Å². The lowest BCUT2D eigenvalue weighted by Crippen LogP contribution is -2.51. The van der Waals surface area contributed by atoms with Crippen molar-refractivity contribution in [2.24, 2.45) is 0 Å². The molecule has 1 aliphatic carbocycles. The summed E-state index contributed by atoms with van der Waals surface area (Å²) >= 11 is 0. The van der Waals surface area contributed by atoms with Crippen LogP contribution in [-0.4, -0.2) is 28.9 Å². The van der Waals surface area contributed by atoms with Crippen molar-refractivity contribution < 1.29 is 9.59 Å². The number of aromatic nitrogens is 1. The Morgan fingerprint density at radius 2 is 1.35 bits per heavy atom. The van der Waals surface area contributed by atoms with Crippen LogP contribution in [-0.2, 0) is 16.0 Å². The average Bonchev–Trinajstić information content (AvgIpc) is 3.15. The number of amides is 2. The number of H-pyrrole nitrogens is 1. The van der Waals surface area contributed by atoms with Crippen LogP contribution >= 0.6 is 0 Å². The normalized spacial score (nSPS) is 15.3. The van der Waals surface area contributed by atoms with Crippen molar-refractivity contribution in [2.45, 2.75) is 62.9 Å². The minimum atomic E-state index is -0.676. The molecule has 1 fully saturated rings. The Kier molecular flexibility index (Phi) is 7.99. The Bertz CT molecular complexity index is 1270. The highest BCUT2D eigenvalue weighted by Crippen LogP contribution is 2.26. The fraction of sp³-hybridized carbons (Fsp3) is 0.312. The van der Waals surface area contributed by atoms with Crippen molar-refractivity contribution in [1.82, 2.24) is 15.6 Å². The topological polar surface area (TPSA) is 74.0 Å². The average molecular weight is 494 g/mol. The SMILES string of the molecule is O=C(N[C@@H](Cc1c[nH]c2ccccc12)C(=O)NC1CCCCCC1)C(c1ccccc1)c1ccccc1. The Morgan fingerprint density at radius 3 is 2.00 bits per heavy atom. The molecule has 37 heavy (non-hydrogen) atoms. The molecule has 3 N–H and O–H groups in total. The van der Waals surface area contributed by atoms with Gasteiger partial charge in [-0.15, -0.1) is 0 Å². The molecule has 1 aliphatic rings. The van der Waals surface area contributed by atoms with Crippen LogP contribution in [0.5, 0.6) is 0 Å². The van der Waals surface area contributed by atoms with Crippen LogP contribution in [0.4, 0.5) is 0 Å². The molecule has 0 radical (unpaired) electrons.